The van der Waals surface area contributed by atoms with Crippen molar-refractivity contribution >= 4 is 97.6 Å². The monoisotopic (exact) mass is 1380 g/mol. The van der Waals surface area contributed by atoms with E-state index in [1.54, 1.807) is 87.8 Å². The number of nitroso groups, excluding NO2 is 1. The number of para-hydroxylation sites is 1. The summed E-state index contributed by atoms with van der Waals surface area (Å²) in [6, 6.07) is 19.9. The van der Waals surface area contributed by atoms with E-state index in [-0.39, 0.29) is 103 Å². The normalized spacial score (nSPS) is 20.4. The largest absolute Gasteiger partial charge is 0.476 e. The molecule has 1 aliphatic heterocycles. The fourth-order valence-corrected chi connectivity index (χ4v) is 16.6. The molecule has 4 fully saturated rings. The first kappa shape index (κ1) is 72.5. The van der Waals surface area contributed by atoms with Crippen LogP contribution < -0.4 is 32.3 Å². The van der Waals surface area contributed by atoms with Crippen molar-refractivity contribution in [2.75, 3.05) is 43.9 Å². The second kappa shape index (κ2) is 30.9. The summed E-state index contributed by atoms with van der Waals surface area (Å²) in [7, 11) is 1.66. The molecule has 2 unspecified atom stereocenters. The molecule has 9 amide bonds. The SMILES string of the molecule is C=Cc1ccc(-c2ccc(-c3cnn(CC45CC6(C)CC(C)(C4)CC(OCCN(C)C(=O)OCc4ccc(NC(=O)[C@H](CCCNC(N)=O)NC(=O)[C@@H](NC(=O)CCCCCN7C(=O)C=CC7=O)C(C)C)cc4)(C6)C5)c3C)c(C(=O)O)n2)cc1/C(=C\N=O)C(=O)Nc1nc2ccccc2s1. The minimum Gasteiger partial charge on any atom is -0.476 e. The molecule has 0 saturated heterocycles. The van der Waals surface area contributed by atoms with Crippen LogP contribution in [0.25, 0.3) is 44.3 Å². The first-order valence-corrected chi connectivity index (χ1v) is 34.3. The van der Waals surface area contributed by atoms with Gasteiger partial charge < -0.3 is 46.5 Å². The highest BCUT2D eigenvalue weighted by molar-refractivity contribution is 7.22. The lowest BCUT2D eigenvalue weighted by Crippen LogP contribution is -2.64. The molecule has 0 radical (unpaired) electrons. The van der Waals surface area contributed by atoms with Crippen molar-refractivity contribution in [2.24, 2.45) is 33.1 Å². The number of rotatable bonds is 32. The number of nitrogens with zero attached hydrogens (tertiary/aromatic N) is 7. The van der Waals surface area contributed by atoms with Crippen molar-refractivity contribution in [3.63, 3.8) is 0 Å². The Morgan fingerprint density at radius 3 is 2.26 bits per heavy atom. The molecule has 3 aromatic heterocycles. The zero-order chi connectivity index (χ0) is 71.7. The zero-order valence-corrected chi connectivity index (χ0v) is 57.8. The van der Waals surface area contributed by atoms with Crippen LogP contribution in [0.1, 0.15) is 138 Å². The van der Waals surface area contributed by atoms with Gasteiger partial charge in [-0.15, -0.1) is 4.91 Å². The van der Waals surface area contributed by atoms with Crippen molar-refractivity contribution in [1.82, 2.24) is 45.5 Å². The molecular formula is C73H85N13O13S. The second-order valence-electron chi connectivity index (χ2n) is 27.9. The number of aromatic nitrogens is 4. The lowest BCUT2D eigenvalue weighted by atomic mass is 9.39. The van der Waals surface area contributed by atoms with Crippen LogP contribution in [0, 0.1) is 34.0 Å². The summed E-state index contributed by atoms with van der Waals surface area (Å²) in [6.45, 7) is 15.5. The van der Waals surface area contributed by atoms with Crippen LogP contribution >= 0.6 is 11.3 Å². The van der Waals surface area contributed by atoms with E-state index in [2.05, 4.69) is 62.2 Å². The third-order valence-corrected chi connectivity index (χ3v) is 20.2. The minimum absolute atomic E-state index is 0.0256. The van der Waals surface area contributed by atoms with Gasteiger partial charge in [-0.05, 0) is 158 Å². The number of urea groups is 1. The number of pyridine rings is 1. The third-order valence-electron chi connectivity index (χ3n) is 19.2. The summed E-state index contributed by atoms with van der Waals surface area (Å²) in [5, 5.41) is 32.6. The number of nitrogens with one attached hydrogen (secondary N) is 5. The lowest BCUT2D eigenvalue weighted by molar-refractivity contribution is -0.248. The summed E-state index contributed by atoms with van der Waals surface area (Å²) in [4.78, 5) is 140. The standard InChI is InChI=1S/C73H85N13O13S/c1-8-47-21-22-48(33-51(47)53(35-77-97)63(90)83-68-81-55-15-11-12-17-57(55)100-68)54-26-25-50(62(79-54)66(93)94)52-34-76-86(45(52)4)43-72-38-70(5)37-71(6,39-72)41-73(40-70,42-72)99-32-31-84(7)69(96)98-36-46-19-23-49(24-20-46)78-64(91)56(16-14-29-75-67(74)95)80-65(92)61(44(2)3)82-58(87)18-10-9-13-30-85-59(88)27-28-60(85)89/h8,11-12,15,17,19-28,33-35,44,56,61H,1,9-10,13-14,16,18,29-32,36-43H2,2-7H3,(H,78,91)(H,80,92)(H,82,87)(H,93,94)(H3,74,75,95)(H,81,83,90)/b53-35+/t56-,61-,70?,71?,72?,73?/m0/s1. The van der Waals surface area contributed by atoms with Gasteiger partial charge in [0.1, 0.15) is 18.7 Å². The van der Waals surface area contributed by atoms with Gasteiger partial charge in [0.25, 0.3) is 17.7 Å². The molecule has 3 aromatic carbocycles. The van der Waals surface area contributed by atoms with Crippen molar-refractivity contribution in [3.05, 3.63) is 143 Å². The number of ether oxygens (including phenoxy) is 2. The molecule has 4 bridgehead atoms. The Kier molecular flexibility index (Phi) is 22.4. The number of anilines is 2. The van der Waals surface area contributed by atoms with Crippen molar-refractivity contribution in [1.29, 1.82) is 0 Å². The van der Waals surface area contributed by atoms with Gasteiger partial charge in [-0.1, -0.05) is 94.5 Å². The quantitative estimate of drug-likeness (QED) is 0.00893. The third kappa shape index (κ3) is 17.2. The molecule has 26 nitrogen and oxygen atoms in total. The molecule has 4 atom stereocenters. The number of thiazole rings is 1. The lowest BCUT2D eigenvalue weighted by Gasteiger charge is -2.69. The molecule has 8 N–H and O–H groups in total. The molecule has 4 heterocycles. The van der Waals surface area contributed by atoms with Gasteiger partial charge in [-0.3, -0.25) is 43.7 Å². The number of unbranched alkanes of at least 4 members (excludes halogenated alkanes) is 2. The number of hydrogen-bond acceptors (Lipinski definition) is 17. The van der Waals surface area contributed by atoms with Crippen molar-refractivity contribution < 1.29 is 57.7 Å². The number of hydrogen-bond donors (Lipinski definition) is 7. The van der Waals surface area contributed by atoms with Crippen LogP contribution in [0.5, 0.6) is 0 Å². The molecule has 11 rings (SSSR count). The Balaban J connectivity index is 0.727. The first-order chi connectivity index (χ1) is 47.7. The summed E-state index contributed by atoms with van der Waals surface area (Å²) in [5.41, 5.74) is 9.46. The van der Waals surface area contributed by atoms with Gasteiger partial charge in [0.15, 0.2) is 10.8 Å². The number of imide groups is 1. The maximum atomic E-state index is 13.8. The Hall–Kier alpha value is -10.3. The summed E-state index contributed by atoms with van der Waals surface area (Å²) < 4.78 is 15.6. The van der Waals surface area contributed by atoms with E-state index in [0.717, 1.165) is 60.0 Å². The number of nitrogens with two attached hydrogens (primary N) is 1. The van der Waals surface area contributed by atoms with Crippen LogP contribution in [-0.4, -0.2) is 139 Å². The number of fused-ring (bicyclic) bond motifs is 1. The maximum absolute atomic E-state index is 13.8. The van der Waals surface area contributed by atoms with E-state index in [4.69, 9.17) is 20.3 Å². The van der Waals surface area contributed by atoms with Gasteiger partial charge in [0.2, 0.25) is 17.7 Å². The predicted molar refractivity (Wildman–Crippen MR) is 377 cm³/mol. The Morgan fingerprint density at radius 2 is 1.58 bits per heavy atom. The number of amides is 9. The highest BCUT2D eigenvalue weighted by atomic mass is 32.1. The average molecular weight is 1380 g/mol. The maximum Gasteiger partial charge on any atom is 0.409 e. The molecule has 6 aromatic rings. The van der Waals surface area contributed by atoms with Gasteiger partial charge in [0, 0.05) is 79.9 Å². The fourth-order valence-electron chi connectivity index (χ4n) is 15.7. The molecule has 100 heavy (non-hydrogen) atoms. The van der Waals surface area contributed by atoms with Gasteiger partial charge in [-0.2, -0.15) is 5.10 Å². The zero-order valence-electron chi connectivity index (χ0n) is 57.0. The number of carboxylic acids is 1. The van der Waals surface area contributed by atoms with E-state index in [0.29, 0.717) is 81.2 Å². The van der Waals surface area contributed by atoms with E-state index in [1.165, 1.54) is 28.4 Å². The summed E-state index contributed by atoms with van der Waals surface area (Å²) in [5.74, 6) is -4.44. The van der Waals surface area contributed by atoms with Crippen molar-refractivity contribution in [3.8, 4) is 22.4 Å². The highest BCUT2D eigenvalue weighted by Gasteiger charge is 2.66. The van der Waals surface area contributed by atoms with E-state index in [1.807, 2.05) is 35.9 Å². The second-order valence-corrected chi connectivity index (χ2v) is 29.0. The van der Waals surface area contributed by atoms with Crippen LogP contribution in [0.3, 0.4) is 0 Å². The van der Waals surface area contributed by atoms with Crippen LogP contribution in [0.2, 0.25) is 0 Å². The molecule has 0 spiro atoms. The average Bonchev–Trinajstić information content (AvgIpc) is 0.713. The van der Waals surface area contributed by atoms with E-state index >= 15 is 0 Å². The topological polar surface area (TPSA) is 358 Å². The number of likely N-dealkylation sites (N-methyl/N-ethyl adjacent to an activating group) is 1. The molecule has 4 saturated carbocycles. The molecule has 526 valence electrons. The van der Waals surface area contributed by atoms with Crippen LogP contribution in [-0.2, 0) is 51.4 Å². The van der Waals surface area contributed by atoms with Crippen molar-refractivity contribution in [2.45, 2.75) is 143 Å². The first-order valence-electron chi connectivity index (χ1n) is 33.5. The smallest absolute Gasteiger partial charge is 0.409 e. The number of carboxylic acid groups (broad SMARTS) is 1. The van der Waals surface area contributed by atoms with Gasteiger partial charge in [-0.25, -0.2) is 24.4 Å². The molecule has 27 heteroatoms. The van der Waals surface area contributed by atoms with E-state index in [9.17, 15) is 53.2 Å². The summed E-state index contributed by atoms with van der Waals surface area (Å²) in [6.07, 6.45) is 13.6. The minimum atomic E-state index is -1.25. The number of carbonyl (C=O) groups excluding carboxylic acids is 8. The number of benzene rings is 3. The fraction of sp³-hybridized carbons (Fsp3) is 0.425. The Bertz CT molecular complexity index is 4170. The molecular weight excluding hydrogens is 1300 g/mol. The van der Waals surface area contributed by atoms with Gasteiger partial charge in [0.05, 0.1) is 46.1 Å². The highest BCUT2D eigenvalue weighted by Crippen LogP contribution is 2.72. The Labute approximate surface area is 583 Å². The van der Waals surface area contributed by atoms with Gasteiger partial charge >= 0.3 is 18.1 Å². The predicted octanol–water partition coefficient (Wildman–Crippen LogP) is 10.5. The number of primary amides is 1. The molecule has 4 aliphatic carbocycles. The van der Waals surface area contributed by atoms with E-state index < -0.39 is 53.5 Å². The Morgan fingerprint density at radius 1 is 0.850 bits per heavy atom. The summed E-state index contributed by atoms with van der Waals surface area (Å²) >= 11 is 1.28. The van der Waals surface area contributed by atoms with Crippen LogP contribution in [0.15, 0.2) is 115 Å². The molecule has 5 aliphatic rings. The van der Waals surface area contributed by atoms with Crippen LogP contribution in [0.4, 0.5) is 20.4 Å². The number of carbonyl (C=O) groups is 9. The number of aromatic carboxylic acids is 1.